The van der Waals surface area contributed by atoms with Gasteiger partial charge >= 0.3 is 0 Å². The molecule has 5 nitrogen and oxygen atoms in total. The molecule has 17 heavy (non-hydrogen) atoms. The van der Waals surface area contributed by atoms with Crippen LogP contribution in [0.5, 0.6) is 0 Å². The van der Waals surface area contributed by atoms with Crippen molar-refractivity contribution in [3.8, 4) is 0 Å². The fraction of sp³-hybridized carbons (Fsp3) is 0.667. The van der Waals surface area contributed by atoms with E-state index in [1.165, 1.54) is 0 Å². The largest absolute Gasteiger partial charge is 0.356 e. The molecular formula is C12H20N2O3. The quantitative estimate of drug-likeness (QED) is 0.495. The number of carbonyl (C=O) groups is 2. The Balaban J connectivity index is 3.01. The molecule has 0 aromatic rings. The van der Waals surface area contributed by atoms with Gasteiger partial charge in [0, 0.05) is 0 Å². The van der Waals surface area contributed by atoms with Crippen molar-refractivity contribution in [1.29, 1.82) is 0 Å². The molecule has 1 fully saturated rings. The van der Waals surface area contributed by atoms with Gasteiger partial charge in [-0.3, -0.25) is 9.59 Å². The third-order valence-corrected chi connectivity index (χ3v) is 2.86. The maximum Gasteiger partial charge on any atom is 0.239 e. The highest BCUT2D eigenvalue weighted by Crippen LogP contribution is 2.33. The van der Waals surface area contributed by atoms with Gasteiger partial charge in [-0.2, -0.15) is 0 Å². The van der Waals surface area contributed by atoms with Crippen LogP contribution in [0.25, 0.3) is 0 Å². The second-order valence-electron chi connectivity index (χ2n) is 4.80. The van der Waals surface area contributed by atoms with Crippen molar-refractivity contribution < 1.29 is 14.7 Å². The van der Waals surface area contributed by atoms with Crippen LogP contribution >= 0.6 is 0 Å². The fourth-order valence-corrected chi connectivity index (χ4v) is 2.13. The highest BCUT2D eigenvalue weighted by molar-refractivity contribution is 6.07. The van der Waals surface area contributed by atoms with Crippen LogP contribution in [0.15, 0.2) is 12.2 Å². The lowest BCUT2D eigenvalue weighted by molar-refractivity contribution is -0.155. The summed E-state index contributed by atoms with van der Waals surface area (Å²) in [7, 11) is 0. The molecule has 0 aromatic carbocycles. The minimum absolute atomic E-state index is 0.215. The first-order valence-electron chi connectivity index (χ1n) is 5.83. The number of allylic oxidation sites excluding steroid dienone is 2. The van der Waals surface area contributed by atoms with Crippen molar-refractivity contribution in [2.24, 2.45) is 11.3 Å². The van der Waals surface area contributed by atoms with Crippen molar-refractivity contribution in [3.63, 3.8) is 0 Å². The van der Waals surface area contributed by atoms with E-state index < -0.39 is 23.6 Å². The monoisotopic (exact) mass is 240 g/mol. The molecule has 5 heteroatoms. The highest BCUT2D eigenvalue weighted by atomic mass is 16.3. The molecule has 96 valence electrons. The summed E-state index contributed by atoms with van der Waals surface area (Å²) in [6, 6.07) is 0. The normalized spacial score (nSPS) is 29.6. The number of hydrogen-bond donors (Lipinski definition) is 3. The molecule has 0 saturated carbocycles. The highest BCUT2D eigenvalue weighted by Gasteiger charge is 2.49. The molecule has 1 aliphatic heterocycles. The Morgan fingerprint density at radius 2 is 1.88 bits per heavy atom. The molecule has 1 rings (SSSR count). The Kier molecular flexibility index (Phi) is 4.28. The van der Waals surface area contributed by atoms with Gasteiger partial charge in [-0.15, -0.1) is 0 Å². The van der Waals surface area contributed by atoms with Gasteiger partial charge in [-0.05, 0) is 25.7 Å². The van der Waals surface area contributed by atoms with Crippen LogP contribution in [0.1, 0.15) is 33.6 Å². The summed E-state index contributed by atoms with van der Waals surface area (Å²) in [5.41, 5.74) is -1.10. The lowest BCUT2D eigenvalue weighted by Crippen LogP contribution is -2.65. The van der Waals surface area contributed by atoms with E-state index in [-0.39, 0.29) is 5.92 Å². The standard InChI is InChI=1S/C12H20N2O3/c1-4-5-6-12(7-8(2)3)9(15)13-11(17)14-10(12)16/h4-5,8,11,17H,6-7H2,1-3H3,(H,13,15)(H,14,16)/b5-4+. The smallest absolute Gasteiger partial charge is 0.239 e. The summed E-state index contributed by atoms with van der Waals surface area (Å²) in [5, 5.41) is 14.0. The van der Waals surface area contributed by atoms with Crippen molar-refractivity contribution in [3.05, 3.63) is 12.2 Å². The molecule has 0 bridgehead atoms. The predicted molar refractivity (Wildman–Crippen MR) is 63.6 cm³/mol. The third-order valence-electron chi connectivity index (χ3n) is 2.86. The molecular weight excluding hydrogens is 220 g/mol. The van der Waals surface area contributed by atoms with Crippen LogP contribution in [0.4, 0.5) is 0 Å². The SMILES string of the molecule is C/C=C/CC1(CC(C)C)C(=O)NC(O)NC1=O. The van der Waals surface area contributed by atoms with E-state index in [4.69, 9.17) is 0 Å². The maximum atomic E-state index is 12.0. The van der Waals surface area contributed by atoms with E-state index in [2.05, 4.69) is 10.6 Å². The maximum absolute atomic E-state index is 12.0. The summed E-state index contributed by atoms with van der Waals surface area (Å²) in [5.74, 6) is -0.590. The van der Waals surface area contributed by atoms with Crippen LogP contribution < -0.4 is 10.6 Å². The fourth-order valence-electron chi connectivity index (χ4n) is 2.13. The van der Waals surface area contributed by atoms with Gasteiger partial charge in [0.2, 0.25) is 18.2 Å². The van der Waals surface area contributed by atoms with E-state index in [1.54, 1.807) is 6.08 Å². The molecule has 1 aliphatic rings. The van der Waals surface area contributed by atoms with Gasteiger partial charge in [0.1, 0.15) is 5.41 Å². The van der Waals surface area contributed by atoms with E-state index in [1.807, 2.05) is 26.8 Å². The first-order valence-corrected chi connectivity index (χ1v) is 5.83. The Hall–Kier alpha value is -1.36. The van der Waals surface area contributed by atoms with Crippen LogP contribution in [0.2, 0.25) is 0 Å². The van der Waals surface area contributed by atoms with Crippen LogP contribution in [0.3, 0.4) is 0 Å². The molecule has 0 aromatic heterocycles. The third kappa shape index (κ3) is 2.85. The second-order valence-corrected chi connectivity index (χ2v) is 4.80. The molecule has 0 aliphatic carbocycles. The molecule has 1 heterocycles. The van der Waals surface area contributed by atoms with Gasteiger partial charge in [-0.1, -0.05) is 26.0 Å². The minimum atomic E-state index is -1.28. The molecule has 1 saturated heterocycles. The van der Waals surface area contributed by atoms with Gasteiger partial charge in [0.25, 0.3) is 0 Å². The Morgan fingerprint density at radius 1 is 1.35 bits per heavy atom. The van der Waals surface area contributed by atoms with E-state index in [0.29, 0.717) is 12.8 Å². The predicted octanol–water partition coefficient (Wildman–Crippen LogP) is 0.507. The molecule has 0 radical (unpaired) electrons. The molecule has 0 atom stereocenters. The number of carbonyl (C=O) groups excluding carboxylic acids is 2. The summed E-state index contributed by atoms with van der Waals surface area (Å²) in [6.07, 6.45) is 3.15. The number of amides is 2. The van der Waals surface area contributed by atoms with Gasteiger partial charge in [0.05, 0.1) is 0 Å². The first kappa shape index (κ1) is 13.7. The number of nitrogens with one attached hydrogen (secondary N) is 2. The van der Waals surface area contributed by atoms with Crippen LogP contribution in [0, 0.1) is 11.3 Å². The molecule has 0 unspecified atom stereocenters. The second kappa shape index (κ2) is 5.31. The molecule has 0 spiro atoms. The van der Waals surface area contributed by atoms with Gasteiger partial charge < -0.3 is 15.7 Å². The van der Waals surface area contributed by atoms with E-state index >= 15 is 0 Å². The van der Waals surface area contributed by atoms with Crippen LogP contribution in [-0.2, 0) is 9.59 Å². The summed E-state index contributed by atoms with van der Waals surface area (Å²) < 4.78 is 0. The summed E-state index contributed by atoms with van der Waals surface area (Å²) in [4.78, 5) is 24.0. The summed E-state index contributed by atoms with van der Waals surface area (Å²) >= 11 is 0. The number of rotatable bonds is 4. The van der Waals surface area contributed by atoms with Crippen LogP contribution in [-0.4, -0.2) is 23.3 Å². The van der Waals surface area contributed by atoms with E-state index in [0.717, 1.165) is 0 Å². The van der Waals surface area contributed by atoms with E-state index in [9.17, 15) is 14.7 Å². The zero-order valence-electron chi connectivity index (χ0n) is 10.5. The average Bonchev–Trinajstić information content (AvgIpc) is 2.21. The molecule has 2 amide bonds. The Bertz CT molecular complexity index is 319. The topological polar surface area (TPSA) is 78.4 Å². The van der Waals surface area contributed by atoms with Crippen molar-refractivity contribution in [1.82, 2.24) is 10.6 Å². The first-order chi connectivity index (χ1) is 7.92. The average molecular weight is 240 g/mol. The van der Waals surface area contributed by atoms with Crippen molar-refractivity contribution in [2.45, 2.75) is 40.0 Å². The number of aliphatic hydroxyl groups excluding tert-OH is 1. The Labute approximate surface area is 101 Å². The zero-order valence-corrected chi connectivity index (χ0v) is 10.5. The van der Waals surface area contributed by atoms with Crippen molar-refractivity contribution >= 4 is 11.8 Å². The van der Waals surface area contributed by atoms with Gasteiger partial charge in [0.15, 0.2) is 0 Å². The zero-order chi connectivity index (χ0) is 13.1. The lowest BCUT2D eigenvalue weighted by Gasteiger charge is -2.37. The minimum Gasteiger partial charge on any atom is -0.356 e. The van der Waals surface area contributed by atoms with Gasteiger partial charge in [-0.25, -0.2) is 0 Å². The number of hydrogen-bond acceptors (Lipinski definition) is 3. The van der Waals surface area contributed by atoms with Crippen molar-refractivity contribution in [2.75, 3.05) is 0 Å². The molecule has 3 N–H and O–H groups in total. The summed E-state index contributed by atoms with van der Waals surface area (Å²) in [6.45, 7) is 5.77. The Morgan fingerprint density at radius 3 is 2.29 bits per heavy atom. The number of aliphatic hydroxyl groups is 1. The lowest BCUT2D eigenvalue weighted by atomic mass is 9.74.